The Balaban J connectivity index is 2.04. The van der Waals surface area contributed by atoms with E-state index in [1.54, 1.807) is 0 Å². The van der Waals surface area contributed by atoms with Crippen LogP contribution in [0.2, 0.25) is 0 Å². The normalized spacial score (nSPS) is 10.8. The first-order valence-corrected chi connectivity index (χ1v) is 12.9. The molecule has 0 saturated carbocycles. The first-order valence-electron chi connectivity index (χ1n) is 12.5. The first-order chi connectivity index (χ1) is 17.2. The maximum Gasteiger partial charge on any atom is 0.226 e. The third-order valence-corrected chi connectivity index (χ3v) is 6.47. The summed E-state index contributed by atoms with van der Waals surface area (Å²) in [5, 5.41) is 6.47. The van der Waals surface area contributed by atoms with E-state index in [1.807, 2.05) is 34.3 Å². The maximum atomic E-state index is 12.2. The van der Waals surface area contributed by atoms with Crippen LogP contribution in [-0.2, 0) is 4.79 Å². The van der Waals surface area contributed by atoms with E-state index in [0.717, 1.165) is 41.0 Å². The number of amides is 1. The molecule has 0 aliphatic carbocycles. The van der Waals surface area contributed by atoms with E-state index < -0.39 is 0 Å². The topological polar surface area (TPSA) is 47.6 Å². The Labute approximate surface area is 221 Å². The molecule has 6 heteroatoms. The number of nitrogens with zero attached hydrogens (tertiary/aromatic N) is 2. The van der Waals surface area contributed by atoms with Gasteiger partial charge in [-0.25, -0.2) is 0 Å². The molecule has 3 aromatic rings. The highest BCUT2D eigenvalue weighted by molar-refractivity contribution is 7.80. The van der Waals surface area contributed by atoms with Crippen molar-refractivity contribution in [2.45, 2.75) is 39.0 Å². The van der Waals surface area contributed by atoms with Crippen molar-refractivity contribution >= 4 is 40.3 Å². The van der Waals surface area contributed by atoms with Crippen LogP contribution >= 0.6 is 12.2 Å². The number of carbonyl (C=O) groups excluding carboxylic acids is 1. The molecule has 0 radical (unpaired) electrons. The standard InChI is InChI=1S/C30H38N4OS/c1-7-8-9-28(35)32-30(36)31-27-19-10-21(2)20-26(27)29(22-11-15-24(16-12-22)33(3)4)23-13-17-25(18-14-23)34(5)6/h10-20,29H,7-9H2,1-6H3,(H2,31,32,35,36). The van der Waals surface area contributed by atoms with Crippen LogP contribution in [0, 0.1) is 6.92 Å². The van der Waals surface area contributed by atoms with E-state index >= 15 is 0 Å². The van der Waals surface area contributed by atoms with E-state index in [4.69, 9.17) is 12.2 Å². The van der Waals surface area contributed by atoms with Gasteiger partial charge in [0.25, 0.3) is 0 Å². The molecule has 0 unspecified atom stereocenters. The second kappa shape index (κ2) is 12.5. The lowest BCUT2D eigenvalue weighted by molar-refractivity contribution is -0.119. The molecule has 3 rings (SSSR count). The number of anilines is 3. The van der Waals surface area contributed by atoms with Crippen molar-refractivity contribution in [3.63, 3.8) is 0 Å². The summed E-state index contributed by atoms with van der Waals surface area (Å²) in [5.41, 5.74) is 7.83. The fraction of sp³-hybridized carbons (Fsp3) is 0.333. The van der Waals surface area contributed by atoms with Gasteiger partial charge in [0.1, 0.15) is 0 Å². The van der Waals surface area contributed by atoms with Crippen molar-refractivity contribution in [3.05, 3.63) is 89.0 Å². The van der Waals surface area contributed by atoms with Crippen molar-refractivity contribution in [2.75, 3.05) is 43.3 Å². The predicted octanol–water partition coefficient (Wildman–Crippen LogP) is 6.31. The van der Waals surface area contributed by atoms with Crippen LogP contribution in [0.25, 0.3) is 0 Å². The van der Waals surface area contributed by atoms with E-state index in [-0.39, 0.29) is 11.8 Å². The number of thiocarbonyl (C=S) groups is 1. The number of aryl methyl sites for hydroxylation is 1. The molecular weight excluding hydrogens is 464 g/mol. The van der Waals surface area contributed by atoms with Crippen molar-refractivity contribution in [3.8, 4) is 0 Å². The second-order valence-electron chi connectivity index (χ2n) is 9.60. The molecule has 5 nitrogen and oxygen atoms in total. The highest BCUT2D eigenvalue weighted by Crippen LogP contribution is 2.38. The van der Waals surface area contributed by atoms with E-state index in [9.17, 15) is 4.79 Å². The molecule has 190 valence electrons. The summed E-state index contributed by atoms with van der Waals surface area (Å²) in [5.74, 6) is -0.0727. The summed E-state index contributed by atoms with van der Waals surface area (Å²) < 4.78 is 0. The Morgan fingerprint density at radius 3 is 1.86 bits per heavy atom. The summed E-state index contributed by atoms with van der Waals surface area (Å²) in [6.45, 7) is 4.16. The van der Waals surface area contributed by atoms with Gasteiger partial charge in [0.15, 0.2) is 5.11 Å². The van der Waals surface area contributed by atoms with Gasteiger partial charge in [-0.2, -0.15) is 0 Å². The lowest BCUT2D eigenvalue weighted by Gasteiger charge is -2.25. The molecular formula is C30H38N4OS. The van der Waals surface area contributed by atoms with E-state index in [0.29, 0.717) is 11.5 Å². The van der Waals surface area contributed by atoms with Gasteiger partial charge < -0.3 is 20.4 Å². The van der Waals surface area contributed by atoms with Crippen LogP contribution in [0.5, 0.6) is 0 Å². The van der Waals surface area contributed by atoms with Gasteiger partial charge in [-0.1, -0.05) is 55.3 Å². The molecule has 3 aromatic carbocycles. The molecule has 0 spiro atoms. The third kappa shape index (κ3) is 7.08. The predicted molar refractivity (Wildman–Crippen MR) is 158 cm³/mol. The molecule has 0 heterocycles. The molecule has 2 N–H and O–H groups in total. The van der Waals surface area contributed by atoms with Gasteiger partial charge in [-0.3, -0.25) is 4.79 Å². The Kier molecular flexibility index (Phi) is 9.48. The minimum absolute atomic E-state index is 0.0154. The van der Waals surface area contributed by atoms with Gasteiger partial charge in [-0.05, 0) is 72.6 Å². The Morgan fingerprint density at radius 2 is 1.39 bits per heavy atom. The van der Waals surface area contributed by atoms with Crippen LogP contribution in [0.3, 0.4) is 0 Å². The first kappa shape index (κ1) is 27.2. The van der Waals surface area contributed by atoms with Crippen molar-refractivity contribution in [1.82, 2.24) is 5.32 Å². The van der Waals surface area contributed by atoms with Crippen molar-refractivity contribution in [1.29, 1.82) is 0 Å². The zero-order valence-corrected chi connectivity index (χ0v) is 23.1. The minimum Gasteiger partial charge on any atom is -0.378 e. The summed E-state index contributed by atoms with van der Waals surface area (Å²) in [7, 11) is 8.19. The fourth-order valence-corrected chi connectivity index (χ4v) is 4.42. The van der Waals surface area contributed by atoms with Gasteiger partial charge >= 0.3 is 0 Å². The largest absolute Gasteiger partial charge is 0.378 e. The average Bonchev–Trinajstić information content (AvgIpc) is 2.85. The number of nitrogens with one attached hydrogen (secondary N) is 2. The van der Waals surface area contributed by atoms with Crippen LogP contribution < -0.4 is 20.4 Å². The molecule has 1 amide bonds. The maximum absolute atomic E-state index is 12.2. The second-order valence-corrected chi connectivity index (χ2v) is 10.0. The van der Waals surface area contributed by atoms with Crippen LogP contribution in [-0.4, -0.2) is 39.2 Å². The molecule has 0 atom stereocenters. The number of carbonyl (C=O) groups is 1. The smallest absolute Gasteiger partial charge is 0.226 e. The Hall–Kier alpha value is -3.38. The van der Waals surface area contributed by atoms with Crippen molar-refractivity contribution in [2.24, 2.45) is 0 Å². The fourth-order valence-electron chi connectivity index (χ4n) is 4.20. The zero-order valence-electron chi connectivity index (χ0n) is 22.3. The summed E-state index contributed by atoms with van der Waals surface area (Å²) in [6.07, 6.45) is 2.28. The molecule has 0 aliphatic heterocycles. The summed E-state index contributed by atoms with van der Waals surface area (Å²) >= 11 is 5.51. The number of unbranched alkanes of at least 4 members (excludes halogenated alkanes) is 1. The summed E-state index contributed by atoms with van der Waals surface area (Å²) in [6, 6.07) is 23.7. The molecule has 0 saturated heterocycles. The monoisotopic (exact) mass is 502 g/mol. The molecule has 36 heavy (non-hydrogen) atoms. The summed E-state index contributed by atoms with van der Waals surface area (Å²) in [4.78, 5) is 16.4. The van der Waals surface area contributed by atoms with E-state index in [1.165, 1.54) is 11.1 Å². The minimum atomic E-state index is -0.0573. The molecule has 0 bridgehead atoms. The van der Waals surface area contributed by atoms with Gasteiger partial charge in [0, 0.05) is 57.6 Å². The highest BCUT2D eigenvalue weighted by Gasteiger charge is 2.21. The lowest BCUT2D eigenvalue weighted by atomic mass is 9.83. The average molecular weight is 503 g/mol. The Bertz CT molecular complexity index is 1120. The third-order valence-electron chi connectivity index (χ3n) is 6.26. The molecule has 0 aliphatic rings. The van der Waals surface area contributed by atoms with Gasteiger partial charge in [0.05, 0.1) is 0 Å². The number of hydrogen-bond acceptors (Lipinski definition) is 4. The number of rotatable bonds is 9. The van der Waals surface area contributed by atoms with Crippen LogP contribution in [0.4, 0.5) is 17.1 Å². The SMILES string of the molecule is CCCCC(=O)NC(=S)Nc1ccc(C)cc1C(c1ccc(N(C)C)cc1)c1ccc(N(C)C)cc1. The lowest BCUT2D eigenvalue weighted by Crippen LogP contribution is -2.34. The quantitative estimate of drug-likeness (QED) is 0.265. The van der Waals surface area contributed by atoms with Crippen LogP contribution in [0.1, 0.15) is 54.4 Å². The van der Waals surface area contributed by atoms with Gasteiger partial charge in [0.2, 0.25) is 5.91 Å². The van der Waals surface area contributed by atoms with Gasteiger partial charge in [-0.15, -0.1) is 0 Å². The number of hydrogen-bond donors (Lipinski definition) is 2. The van der Waals surface area contributed by atoms with Crippen LogP contribution in [0.15, 0.2) is 66.7 Å². The highest BCUT2D eigenvalue weighted by atomic mass is 32.1. The molecule has 0 aromatic heterocycles. The number of benzene rings is 3. The Morgan fingerprint density at radius 1 is 0.861 bits per heavy atom. The zero-order chi connectivity index (χ0) is 26.2. The van der Waals surface area contributed by atoms with Crippen molar-refractivity contribution < 1.29 is 4.79 Å². The van der Waals surface area contributed by atoms with E-state index in [2.05, 4.69) is 94.9 Å². The molecule has 0 fully saturated rings.